The number of sulfone groups is 1. The van der Waals surface area contributed by atoms with Gasteiger partial charge in [0.2, 0.25) is 0 Å². The van der Waals surface area contributed by atoms with Crippen LogP contribution in [0.5, 0.6) is 0 Å². The van der Waals surface area contributed by atoms with Crippen LogP contribution in [0.2, 0.25) is 0 Å². The molecule has 1 saturated carbocycles. The minimum Gasteiger partial charge on any atom is -0.465 e. The summed E-state index contributed by atoms with van der Waals surface area (Å²) in [6, 6.07) is 6.40. The SMILES string of the molecule is CCCS(=O)(=O)c1ccc(C(NC(=O)O)C23CCC(CC2)CN3C)cc1. The molecule has 1 aliphatic carbocycles. The number of nitrogens with one attached hydrogen (secondary N) is 1. The van der Waals surface area contributed by atoms with Gasteiger partial charge in [-0.25, -0.2) is 13.2 Å². The molecule has 1 unspecified atom stereocenters. The molecule has 3 fully saturated rings. The van der Waals surface area contributed by atoms with Crippen molar-refractivity contribution in [2.24, 2.45) is 5.92 Å². The summed E-state index contributed by atoms with van der Waals surface area (Å²) in [6.45, 7) is 2.83. The normalized spacial score (nSPS) is 27.2. The Kier molecular flexibility index (Phi) is 5.30. The predicted molar refractivity (Wildman–Crippen MR) is 100 cm³/mol. The number of carbonyl (C=O) groups is 1. The van der Waals surface area contributed by atoms with Crippen LogP contribution in [-0.2, 0) is 9.84 Å². The van der Waals surface area contributed by atoms with Gasteiger partial charge in [0.25, 0.3) is 0 Å². The lowest BCUT2D eigenvalue weighted by atomic mass is 9.66. The van der Waals surface area contributed by atoms with E-state index in [1.165, 1.54) is 0 Å². The Labute approximate surface area is 155 Å². The van der Waals surface area contributed by atoms with E-state index in [4.69, 9.17) is 0 Å². The lowest BCUT2D eigenvalue weighted by molar-refractivity contribution is -0.0406. The van der Waals surface area contributed by atoms with Gasteiger partial charge in [-0.15, -0.1) is 0 Å². The quantitative estimate of drug-likeness (QED) is 0.792. The summed E-state index contributed by atoms with van der Waals surface area (Å²) in [4.78, 5) is 14.1. The molecule has 3 aliphatic rings. The van der Waals surface area contributed by atoms with Gasteiger partial charge in [0, 0.05) is 12.1 Å². The number of rotatable bonds is 6. The van der Waals surface area contributed by atoms with Gasteiger partial charge in [0.1, 0.15) is 0 Å². The van der Waals surface area contributed by atoms with E-state index in [9.17, 15) is 18.3 Å². The molecule has 6 nitrogen and oxygen atoms in total. The number of nitrogens with zero attached hydrogens (tertiary/aromatic N) is 1. The number of piperidine rings is 2. The number of carboxylic acid groups (broad SMARTS) is 1. The lowest BCUT2D eigenvalue weighted by Crippen LogP contribution is -2.62. The van der Waals surface area contributed by atoms with E-state index in [0.29, 0.717) is 17.2 Å². The van der Waals surface area contributed by atoms with Gasteiger partial charge in [-0.2, -0.15) is 0 Å². The molecule has 1 aromatic rings. The highest BCUT2D eigenvalue weighted by Gasteiger charge is 2.50. The van der Waals surface area contributed by atoms with Crippen LogP contribution in [0.25, 0.3) is 0 Å². The Balaban J connectivity index is 1.95. The minimum atomic E-state index is -3.27. The fourth-order valence-corrected chi connectivity index (χ4v) is 6.05. The van der Waals surface area contributed by atoms with Crippen molar-refractivity contribution in [1.29, 1.82) is 0 Å². The van der Waals surface area contributed by atoms with Crippen molar-refractivity contribution in [1.82, 2.24) is 10.2 Å². The topological polar surface area (TPSA) is 86.7 Å². The third-order valence-electron chi connectivity index (χ3n) is 6.11. The van der Waals surface area contributed by atoms with Crippen molar-refractivity contribution in [3.05, 3.63) is 29.8 Å². The van der Waals surface area contributed by atoms with Crippen molar-refractivity contribution < 1.29 is 18.3 Å². The molecule has 26 heavy (non-hydrogen) atoms. The molecule has 0 spiro atoms. The minimum absolute atomic E-state index is 0.122. The molecule has 2 N–H and O–H groups in total. The molecule has 2 bridgehead atoms. The maximum atomic E-state index is 12.3. The van der Waals surface area contributed by atoms with Gasteiger partial charge in [0.15, 0.2) is 9.84 Å². The first-order valence-electron chi connectivity index (χ1n) is 9.32. The largest absolute Gasteiger partial charge is 0.465 e. The molecule has 1 amide bonds. The molecule has 0 radical (unpaired) electrons. The van der Waals surface area contributed by atoms with Crippen molar-refractivity contribution in [3.63, 3.8) is 0 Å². The molecule has 1 aromatic carbocycles. The lowest BCUT2D eigenvalue weighted by Gasteiger charge is -2.56. The zero-order valence-electron chi connectivity index (χ0n) is 15.4. The van der Waals surface area contributed by atoms with E-state index in [-0.39, 0.29) is 17.3 Å². The molecule has 7 heteroatoms. The summed E-state index contributed by atoms with van der Waals surface area (Å²) < 4.78 is 24.5. The maximum Gasteiger partial charge on any atom is 0.405 e. The smallest absolute Gasteiger partial charge is 0.405 e. The van der Waals surface area contributed by atoms with Gasteiger partial charge in [-0.3, -0.25) is 4.90 Å². The van der Waals surface area contributed by atoms with Crippen molar-refractivity contribution >= 4 is 15.9 Å². The van der Waals surface area contributed by atoms with E-state index in [1.807, 2.05) is 6.92 Å². The van der Waals surface area contributed by atoms with E-state index in [2.05, 4.69) is 17.3 Å². The highest BCUT2D eigenvalue weighted by molar-refractivity contribution is 7.91. The highest BCUT2D eigenvalue weighted by Crippen LogP contribution is 2.48. The molecule has 0 aromatic heterocycles. The van der Waals surface area contributed by atoms with Gasteiger partial charge < -0.3 is 10.4 Å². The standard InChI is InChI=1S/C19H28N2O4S/c1-3-12-26(24,25)16-6-4-15(5-7-16)17(20-18(22)23)19-10-8-14(9-11-19)13-21(19)2/h4-7,14,17,20H,3,8-13H2,1-2H3,(H,22,23). The van der Waals surface area contributed by atoms with Crippen LogP contribution in [0.4, 0.5) is 4.79 Å². The third kappa shape index (κ3) is 3.47. The van der Waals surface area contributed by atoms with Crippen LogP contribution in [0, 0.1) is 5.92 Å². The van der Waals surface area contributed by atoms with Crippen LogP contribution < -0.4 is 5.32 Å². The summed E-state index contributed by atoms with van der Waals surface area (Å²) >= 11 is 0. The van der Waals surface area contributed by atoms with Crippen LogP contribution in [0.15, 0.2) is 29.2 Å². The zero-order chi connectivity index (χ0) is 18.9. The van der Waals surface area contributed by atoms with E-state index in [1.54, 1.807) is 24.3 Å². The van der Waals surface area contributed by atoms with Crippen molar-refractivity contribution in [2.45, 2.75) is 55.5 Å². The zero-order valence-corrected chi connectivity index (χ0v) is 16.3. The Bertz CT molecular complexity index is 752. The van der Waals surface area contributed by atoms with Crippen LogP contribution in [0.1, 0.15) is 50.6 Å². The number of amides is 1. The average Bonchev–Trinajstić information content (AvgIpc) is 2.61. The van der Waals surface area contributed by atoms with Crippen LogP contribution in [-0.4, -0.2) is 49.4 Å². The van der Waals surface area contributed by atoms with E-state index >= 15 is 0 Å². The van der Waals surface area contributed by atoms with Gasteiger partial charge in [-0.05, 0) is 62.8 Å². The van der Waals surface area contributed by atoms with Crippen LogP contribution in [0.3, 0.4) is 0 Å². The average molecular weight is 381 g/mol. The molecule has 1 atom stereocenters. The first kappa shape index (κ1) is 19.2. The van der Waals surface area contributed by atoms with Crippen molar-refractivity contribution in [3.8, 4) is 0 Å². The molecular weight excluding hydrogens is 352 g/mol. The Morgan fingerprint density at radius 2 is 1.92 bits per heavy atom. The molecule has 2 saturated heterocycles. The highest BCUT2D eigenvalue weighted by atomic mass is 32.2. The second kappa shape index (κ2) is 7.19. The number of hydrogen-bond donors (Lipinski definition) is 2. The van der Waals surface area contributed by atoms with Crippen LogP contribution >= 0.6 is 0 Å². The Morgan fingerprint density at radius 1 is 1.31 bits per heavy atom. The third-order valence-corrected chi connectivity index (χ3v) is 8.05. The molecule has 2 aliphatic heterocycles. The summed E-state index contributed by atoms with van der Waals surface area (Å²) in [5.74, 6) is 0.825. The van der Waals surface area contributed by atoms with Gasteiger partial charge in [-0.1, -0.05) is 19.1 Å². The first-order valence-corrected chi connectivity index (χ1v) is 11.0. The number of benzene rings is 1. The number of hydrogen-bond acceptors (Lipinski definition) is 4. The van der Waals surface area contributed by atoms with Gasteiger partial charge in [0.05, 0.1) is 16.7 Å². The number of fused-ring (bicyclic) bond motifs is 3. The Morgan fingerprint density at radius 3 is 2.42 bits per heavy atom. The Hall–Kier alpha value is -1.60. The monoisotopic (exact) mass is 380 g/mol. The second-order valence-corrected chi connectivity index (χ2v) is 9.81. The predicted octanol–water partition coefficient (Wildman–Crippen LogP) is 3.05. The molecule has 4 rings (SSSR count). The summed E-state index contributed by atoms with van der Waals surface area (Å²) in [5, 5.41) is 12.1. The number of likely N-dealkylation sites (N-methyl/N-ethyl adjacent to an activating group) is 1. The van der Waals surface area contributed by atoms with E-state index < -0.39 is 15.9 Å². The first-order chi connectivity index (χ1) is 12.3. The van der Waals surface area contributed by atoms with E-state index in [0.717, 1.165) is 37.8 Å². The maximum absolute atomic E-state index is 12.3. The summed E-state index contributed by atoms with van der Waals surface area (Å²) in [7, 11) is -1.20. The second-order valence-electron chi connectivity index (χ2n) is 7.70. The molecule has 144 valence electrons. The molecular formula is C19H28N2O4S. The van der Waals surface area contributed by atoms with Gasteiger partial charge >= 0.3 is 6.09 Å². The summed E-state index contributed by atoms with van der Waals surface area (Å²) in [5.41, 5.74) is 0.590. The fraction of sp³-hybridized carbons (Fsp3) is 0.632. The molecule has 2 heterocycles. The van der Waals surface area contributed by atoms with Crippen molar-refractivity contribution in [2.75, 3.05) is 19.3 Å². The fourth-order valence-electron chi connectivity index (χ4n) is 4.73. The summed E-state index contributed by atoms with van der Waals surface area (Å²) in [6.07, 6.45) is 3.66.